The summed E-state index contributed by atoms with van der Waals surface area (Å²) in [6, 6.07) is 20.5. The first-order chi connectivity index (χ1) is 13.1. The number of rotatable bonds is 3. The fourth-order valence-corrected chi connectivity index (χ4v) is 4.26. The van der Waals surface area contributed by atoms with E-state index < -0.39 is 0 Å². The highest BCUT2D eigenvalue weighted by molar-refractivity contribution is 9.10. The number of hydrogen-bond acceptors (Lipinski definition) is 1. The van der Waals surface area contributed by atoms with E-state index in [1.165, 1.54) is 11.3 Å². The minimum atomic E-state index is -0.0745. The Labute approximate surface area is 168 Å². The second kappa shape index (κ2) is 7.35. The Bertz CT molecular complexity index is 959. The Morgan fingerprint density at radius 2 is 1.74 bits per heavy atom. The van der Waals surface area contributed by atoms with Crippen LogP contribution in [-0.4, -0.2) is 21.9 Å². The minimum absolute atomic E-state index is 0.0628. The van der Waals surface area contributed by atoms with Gasteiger partial charge in [0.15, 0.2) is 0 Å². The largest absolute Gasteiger partial charge is 0.348 e. The number of benzene rings is 2. The van der Waals surface area contributed by atoms with Gasteiger partial charge in [-0.2, -0.15) is 0 Å². The van der Waals surface area contributed by atoms with Gasteiger partial charge in [0.1, 0.15) is 0 Å². The number of hydrogen-bond donors (Lipinski definition) is 0. The summed E-state index contributed by atoms with van der Waals surface area (Å²) < 4.78 is 3.09. The molecule has 1 aliphatic heterocycles. The first-order valence-electron chi connectivity index (χ1n) is 9.36. The van der Waals surface area contributed by atoms with E-state index in [1.54, 1.807) is 0 Å². The fourth-order valence-electron chi connectivity index (χ4n) is 3.81. The van der Waals surface area contributed by atoms with Gasteiger partial charge in [-0.25, -0.2) is 0 Å². The minimum Gasteiger partial charge on any atom is -0.348 e. The van der Waals surface area contributed by atoms with Crippen LogP contribution in [0.1, 0.15) is 53.0 Å². The zero-order valence-electron chi connectivity index (χ0n) is 15.6. The smallest absolute Gasteiger partial charge is 0.255 e. The Morgan fingerprint density at radius 1 is 1.00 bits per heavy atom. The molecule has 1 aliphatic rings. The summed E-state index contributed by atoms with van der Waals surface area (Å²) >= 11 is 3.54. The van der Waals surface area contributed by atoms with Crippen LogP contribution >= 0.6 is 15.9 Å². The van der Waals surface area contributed by atoms with Crippen LogP contribution < -0.4 is 0 Å². The van der Waals surface area contributed by atoms with Crippen LogP contribution in [-0.2, 0) is 6.54 Å². The highest BCUT2D eigenvalue weighted by Gasteiger charge is 2.33. The van der Waals surface area contributed by atoms with E-state index in [9.17, 15) is 4.79 Å². The molecule has 3 nitrogen and oxygen atoms in total. The van der Waals surface area contributed by atoms with Crippen molar-refractivity contribution in [3.63, 3.8) is 0 Å². The fraction of sp³-hybridized carbons (Fsp3) is 0.261. The van der Waals surface area contributed by atoms with Crippen LogP contribution in [0, 0.1) is 0 Å². The normalized spacial score (nSPS) is 16.4. The Balaban J connectivity index is 1.77. The summed E-state index contributed by atoms with van der Waals surface area (Å²) in [5.41, 5.74) is 4.34. The van der Waals surface area contributed by atoms with Gasteiger partial charge >= 0.3 is 0 Å². The van der Waals surface area contributed by atoms with E-state index in [0.29, 0.717) is 18.0 Å². The molecule has 1 amide bonds. The standard InChI is InChI=1S/C23H23BrN2O/c1-16(2)17-9-11-18(12-10-17)22-21-8-5-13-25(21)14-15-26(22)23(27)19-6-3-4-7-20(19)24/h3-13,16,22H,14-15H2,1-2H3. The third-order valence-electron chi connectivity index (χ3n) is 5.32. The lowest BCUT2D eigenvalue weighted by Gasteiger charge is -2.37. The molecule has 0 spiro atoms. The molecule has 1 unspecified atom stereocenters. The number of carbonyl (C=O) groups excluding carboxylic acids is 1. The van der Waals surface area contributed by atoms with E-state index >= 15 is 0 Å². The average Bonchev–Trinajstić information content (AvgIpc) is 3.16. The van der Waals surface area contributed by atoms with Crippen molar-refractivity contribution < 1.29 is 4.79 Å². The van der Waals surface area contributed by atoms with Gasteiger partial charge in [-0.3, -0.25) is 4.79 Å². The van der Waals surface area contributed by atoms with Gasteiger partial charge in [-0.1, -0.05) is 50.2 Å². The first-order valence-corrected chi connectivity index (χ1v) is 10.2. The van der Waals surface area contributed by atoms with Crippen LogP contribution in [0.2, 0.25) is 0 Å². The molecule has 0 saturated carbocycles. The van der Waals surface area contributed by atoms with Crippen molar-refractivity contribution in [1.82, 2.24) is 9.47 Å². The monoisotopic (exact) mass is 422 g/mol. The summed E-state index contributed by atoms with van der Waals surface area (Å²) in [6.07, 6.45) is 2.10. The van der Waals surface area contributed by atoms with E-state index in [2.05, 4.69) is 76.9 Å². The molecule has 0 N–H and O–H groups in total. The lowest BCUT2D eigenvalue weighted by atomic mass is 9.95. The molecule has 3 aromatic rings. The number of nitrogens with zero attached hydrogens (tertiary/aromatic N) is 2. The highest BCUT2D eigenvalue weighted by Crippen LogP contribution is 2.35. The molecular formula is C23H23BrN2O. The van der Waals surface area contributed by atoms with Crippen molar-refractivity contribution in [3.8, 4) is 0 Å². The summed E-state index contributed by atoms with van der Waals surface area (Å²) in [5.74, 6) is 0.556. The highest BCUT2D eigenvalue weighted by atomic mass is 79.9. The molecule has 0 fully saturated rings. The molecule has 1 aromatic heterocycles. The molecule has 0 aliphatic carbocycles. The van der Waals surface area contributed by atoms with Gasteiger partial charge in [0.05, 0.1) is 11.6 Å². The summed E-state index contributed by atoms with van der Waals surface area (Å²) in [6.45, 7) is 5.91. The van der Waals surface area contributed by atoms with Gasteiger partial charge in [0.2, 0.25) is 0 Å². The van der Waals surface area contributed by atoms with E-state index in [4.69, 9.17) is 0 Å². The third-order valence-corrected chi connectivity index (χ3v) is 6.01. The molecule has 27 heavy (non-hydrogen) atoms. The van der Waals surface area contributed by atoms with E-state index in [1.807, 2.05) is 29.2 Å². The maximum atomic E-state index is 13.4. The van der Waals surface area contributed by atoms with Crippen molar-refractivity contribution in [2.24, 2.45) is 0 Å². The van der Waals surface area contributed by atoms with E-state index in [0.717, 1.165) is 16.6 Å². The molecule has 4 rings (SSSR count). The molecular weight excluding hydrogens is 400 g/mol. The third kappa shape index (κ3) is 3.34. The maximum Gasteiger partial charge on any atom is 0.255 e. The molecule has 138 valence electrons. The predicted octanol–water partition coefficient (Wildman–Crippen LogP) is 5.62. The zero-order valence-corrected chi connectivity index (χ0v) is 17.2. The molecule has 0 bridgehead atoms. The second-order valence-corrected chi connectivity index (χ2v) is 8.18. The molecule has 0 radical (unpaired) electrons. The van der Waals surface area contributed by atoms with Crippen molar-refractivity contribution in [2.45, 2.75) is 32.4 Å². The molecule has 1 atom stereocenters. The van der Waals surface area contributed by atoms with Gasteiger partial charge in [0.25, 0.3) is 5.91 Å². The molecule has 0 saturated heterocycles. The lowest BCUT2D eigenvalue weighted by Crippen LogP contribution is -2.42. The van der Waals surface area contributed by atoms with E-state index in [-0.39, 0.29) is 11.9 Å². The number of fused-ring (bicyclic) bond motifs is 1. The van der Waals surface area contributed by atoms with Gasteiger partial charge in [-0.05, 0) is 57.2 Å². The SMILES string of the molecule is CC(C)c1ccc(C2c3cccn3CCN2C(=O)c2ccccc2Br)cc1. The summed E-state index contributed by atoms with van der Waals surface area (Å²) in [7, 11) is 0. The van der Waals surface area contributed by atoms with Crippen LogP contribution in [0.3, 0.4) is 0 Å². The number of amides is 1. The average molecular weight is 423 g/mol. The van der Waals surface area contributed by atoms with Crippen LogP contribution in [0.15, 0.2) is 71.3 Å². The van der Waals surface area contributed by atoms with Crippen LogP contribution in [0.25, 0.3) is 0 Å². The first kappa shape index (κ1) is 18.1. The zero-order chi connectivity index (χ0) is 19.0. The summed E-state index contributed by atoms with van der Waals surface area (Å²) in [5, 5.41) is 0. The van der Waals surface area contributed by atoms with Gasteiger partial charge in [0, 0.05) is 29.5 Å². The molecule has 2 aromatic carbocycles. The molecule has 2 heterocycles. The topological polar surface area (TPSA) is 25.2 Å². The quantitative estimate of drug-likeness (QED) is 0.537. The van der Waals surface area contributed by atoms with Gasteiger partial charge in [-0.15, -0.1) is 0 Å². The van der Waals surface area contributed by atoms with Crippen LogP contribution in [0.4, 0.5) is 0 Å². The van der Waals surface area contributed by atoms with Crippen LogP contribution in [0.5, 0.6) is 0 Å². The van der Waals surface area contributed by atoms with Crippen molar-refractivity contribution in [3.05, 3.63) is 93.7 Å². The molecule has 4 heteroatoms. The lowest BCUT2D eigenvalue weighted by molar-refractivity contribution is 0.0663. The second-order valence-electron chi connectivity index (χ2n) is 7.33. The van der Waals surface area contributed by atoms with Crippen molar-refractivity contribution in [1.29, 1.82) is 0 Å². The van der Waals surface area contributed by atoms with Crippen molar-refractivity contribution in [2.75, 3.05) is 6.54 Å². The number of aromatic nitrogens is 1. The van der Waals surface area contributed by atoms with Gasteiger partial charge < -0.3 is 9.47 Å². The van der Waals surface area contributed by atoms with Crippen molar-refractivity contribution >= 4 is 21.8 Å². The number of carbonyl (C=O) groups is 1. The Kier molecular flexibility index (Phi) is 4.92. The maximum absolute atomic E-state index is 13.4. The Hall–Kier alpha value is -2.33. The number of halogens is 1. The predicted molar refractivity (Wildman–Crippen MR) is 112 cm³/mol. The Morgan fingerprint density at radius 3 is 2.44 bits per heavy atom. The summed E-state index contributed by atoms with van der Waals surface area (Å²) in [4.78, 5) is 15.4.